The van der Waals surface area contributed by atoms with Gasteiger partial charge in [-0.1, -0.05) is 6.92 Å². The highest BCUT2D eigenvalue weighted by atomic mass is 19.1. The van der Waals surface area contributed by atoms with Crippen LogP contribution in [-0.2, 0) is 11.2 Å². The predicted molar refractivity (Wildman–Crippen MR) is 47.7 cm³/mol. The molecule has 5 heteroatoms. The van der Waals surface area contributed by atoms with Crippen molar-refractivity contribution in [3.8, 4) is 0 Å². The van der Waals surface area contributed by atoms with Crippen molar-refractivity contribution < 1.29 is 23.5 Å². The zero-order valence-electron chi connectivity index (χ0n) is 7.88. The van der Waals surface area contributed by atoms with E-state index in [1.165, 1.54) is 0 Å². The van der Waals surface area contributed by atoms with Crippen LogP contribution in [0.4, 0.5) is 8.78 Å². The number of carbonyl (C=O) groups is 2. The van der Waals surface area contributed by atoms with Gasteiger partial charge >= 0.3 is 5.97 Å². The molecule has 0 unspecified atom stereocenters. The molecule has 1 N–H and O–H groups in total. The highest BCUT2D eigenvalue weighted by molar-refractivity contribution is 6.40. The molecule has 3 nitrogen and oxygen atoms in total. The molecule has 0 saturated carbocycles. The van der Waals surface area contributed by atoms with Gasteiger partial charge in [-0.3, -0.25) is 4.79 Å². The minimum Gasteiger partial charge on any atom is -0.475 e. The molecule has 0 aliphatic rings. The normalized spacial score (nSPS) is 10.1. The number of Topliss-reactive ketones (excluding diaryl/α,β-unsaturated/α-hetero) is 1. The van der Waals surface area contributed by atoms with Crippen LogP contribution >= 0.6 is 0 Å². The first kappa shape index (κ1) is 11.3. The summed E-state index contributed by atoms with van der Waals surface area (Å²) in [4.78, 5) is 21.5. The van der Waals surface area contributed by atoms with E-state index in [9.17, 15) is 18.4 Å². The largest absolute Gasteiger partial charge is 0.475 e. The van der Waals surface area contributed by atoms with Gasteiger partial charge in [0.25, 0.3) is 5.78 Å². The van der Waals surface area contributed by atoms with E-state index in [0.717, 1.165) is 6.07 Å². The molecule has 0 aliphatic heterocycles. The van der Waals surface area contributed by atoms with Gasteiger partial charge in [0.1, 0.15) is 11.6 Å². The molecule has 1 aromatic rings. The molecule has 0 bridgehead atoms. The summed E-state index contributed by atoms with van der Waals surface area (Å²) in [5.41, 5.74) is -0.508. The van der Waals surface area contributed by atoms with E-state index in [2.05, 4.69) is 0 Å². The minimum atomic E-state index is -1.73. The van der Waals surface area contributed by atoms with Gasteiger partial charge in [0.2, 0.25) is 0 Å². The summed E-state index contributed by atoms with van der Waals surface area (Å²) in [5, 5.41) is 8.44. The van der Waals surface area contributed by atoms with Gasteiger partial charge < -0.3 is 5.11 Å². The van der Waals surface area contributed by atoms with Gasteiger partial charge in [-0.25, -0.2) is 13.6 Å². The summed E-state index contributed by atoms with van der Waals surface area (Å²) in [6.07, 6.45) is 0.125. The summed E-state index contributed by atoms with van der Waals surface area (Å²) in [6.45, 7) is 1.55. The van der Waals surface area contributed by atoms with E-state index in [1.807, 2.05) is 0 Å². The molecule has 0 aromatic heterocycles. The second kappa shape index (κ2) is 4.16. The van der Waals surface area contributed by atoms with E-state index in [-0.39, 0.29) is 12.0 Å². The molecule has 15 heavy (non-hydrogen) atoms. The Hall–Kier alpha value is -1.78. The lowest BCUT2D eigenvalue weighted by atomic mass is 10.0. The highest BCUT2D eigenvalue weighted by Gasteiger charge is 2.21. The van der Waals surface area contributed by atoms with Crippen LogP contribution in [-0.4, -0.2) is 16.9 Å². The summed E-state index contributed by atoms with van der Waals surface area (Å²) in [5.74, 6) is -4.89. The molecule has 80 valence electrons. The molecule has 1 aromatic carbocycles. The number of hydrogen-bond donors (Lipinski definition) is 1. The summed E-state index contributed by atoms with van der Waals surface area (Å²) in [6, 6.07) is 1.36. The molecular weight excluding hydrogens is 206 g/mol. The number of carboxylic acids is 1. The maximum Gasteiger partial charge on any atom is 0.377 e. The van der Waals surface area contributed by atoms with E-state index in [4.69, 9.17) is 5.11 Å². The molecule has 0 radical (unpaired) electrons. The molecule has 0 atom stereocenters. The summed E-state index contributed by atoms with van der Waals surface area (Å²) in [7, 11) is 0. The maximum absolute atomic E-state index is 13.1. The lowest BCUT2D eigenvalue weighted by Crippen LogP contribution is -2.16. The Morgan fingerprint density at radius 1 is 1.33 bits per heavy atom. The van der Waals surface area contributed by atoms with Crippen molar-refractivity contribution in [2.45, 2.75) is 13.3 Å². The second-order valence-corrected chi connectivity index (χ2v) is 2.90. The average molecular weight is 214 g/mol. The van der Waals surface area contributed by atoms with Gasteiger partial charge in [0.15, 0.2) is 0 Å². The first-order chi connectivity index (χ1) is 6.97. The Labute approximate surface area is 84.3 Å². The van der Waals surface area contributed by atoms with Crippen molar-refractivity contribution in [2.75, 3.05) is 0 Å². The quantitative estimate of drug-likeness (QED) is 0.616. The zero-order valence-corrected chi connectivity index (χ0v) is 7.88. The summed E-state index contributed by atoms with van der Waals surface area (Å²) < 4.78 is 25.9. The summed E-state index contributed by atoms with van der Waals surface area (Å²) >= 11 is 0. The van der Waals surface area contributed by atoms with E-state index in [0.29, 0.717) is 6.07 Å². The van der Waals surface area contributed by atoms with Crippen LogP contribution in [0.15, 0.2) is 12.1 Å². The van der Waals surface area contributed by atoms with E-state index in [1.54, 1.807) is 6.92 Å². The monoisotopic (exact) mass is 214 g/mol. The molecule has 1 rings (SSSR count). The van der Waals surface area contributed by atoms with Crippen LogP contribution in [0, 0.1) is 11.6 Å². The zero-order chi connectivity index (χ0) is 11.6. The molecular formula is C10H8F2O3. The number of benzene rings is 1. The average Bonchev–Trinajstić information content (AvgIpc) is 2.15. The van der Waals surface area contributed by atoms with Crippen LogP contribution < -0.4 is 0 Å². The molecule has 0 amide bonds. The van der Waals surface area contributed by atoms with Crippen LogP contribution in [0.1, 0.15) is 22.8 Å². The standard InChI is InChI=1S/C10H8F2O3/c1-2-6-7(9(13)10(14)15)3-5(11)4-8(6)12/h3-4H,2H2,1H3,(H,14,15). The predicted octanol–water partition coefficient (Wildman–Crippen LogP) is 1.79. The lowest BCUT2D eigenvalue weighted by Gasteiger charge is -2.05. The number of hydrogen-bond acceptors (Lipinski definition) is 2. The third-order valence-electron chi connectivity index (χ3n) is 1.95. The first-order valence-corrected chi connectivity index (χ1v) is 4.23. The fourth-order valence-corrected chi connectivity index (χ4v) is 1.28. The fourth-order valence-electron chi connectivity index (χ4n) is 1.28. The van der Waals surface area contributed by atoms with Crippen molar-refractivity contribution in [1.82, 2.24) is 0 Å². The third kappa shape index (κ3) is 2.18. The Kier molecular flexibility index (Phi) is 3.14. The SMILES string of the molecule is CCc1c(F)cc(F)cc1C(=O)C(=O)O. The van der Waals surface area contributed by atoms with Gasteiger partial charge in [-0.2, -0.15) is 0 Å². The van der Waals surface area contributed by atoms with Gasteiger partial charge in [0, 0.05) is 11.6 Å². The van der Waals surface area contributed by atoms with Crippen LogP contribution in [0.5, 0.6) is 0 Å². The lowest BCUT2D eigenvalue weighted by molar-refractivity contribution is -0.131. The van der Waals surface area contributed by atoms with Crippen LogP contribution in [0.3, 0.4) is 0 Å². The van der Waals surface area contributed by atoms with Crippen molar-refractivity contribution in [1.29, 1.82) is 0 Å². The Morgan fingerprint density at radius 3 is 2.40 bits per heavy atom. The number of carbonyl (C=O) groups excluding carboxylic acids is 1. The second-order valence-electron chi connectivity index (χ2n) is 2.90. The highest BCUT2D eigenvalue weighted by Crippen LogP contribution is 2.17. The Balaban J connectivity index is 3.38. The number of carboxylic acid groups (broad SMARTS) is 1. The van der Waals surface area contributed by atoms with Crippen molar-refractivity contribution in [2.24, 2.45) is 0 Å². The molecule has 0 saturated heterocycles. The molecule has 0 spiro atoms. The first-order valence-electron chi connectivity index (χ1n) is 4.23. The van der Waals surface area contributed by atoms with Crippen molar-refractivity contribution in [3.05, 3.63) is 34.9 Å². The molecule has 0 heterocycles. The smallest absolute Gasteiger partial charge is 0.377 e. The Morgan fingerprint density at radius 2 is 1.93 bits per heavy atom. The van der Waals surface area contributed by atoms with E-state index >= 15 is 0 Å². The van der Waals surface area contributed by atoms with Crippen LogP contribution in [0.2, 0.25) is 0 Å². The third-order valence-corrected chi connectivity index (χ3v) is 1.95. The van der Waals surface area contributed by atoms with Gasteiger partial charge in [-0.05, 0) is 18.1 Å². The topological polar surface area (TPSA) is 54.4 Å². The van der Waals surface area contributed by atoms with Crippen molar-refractivity contribution in [3.63, 3.8) is 0 Å². The minimum absolute atomic E-state index is 0.0798. The van der Waals surface area contributed by atoms with Crippen molar-refractivity contribution >= 4 is 11.8 Å². The number of aliphatic carboxylic acids is 1. The van der Waals surface area contributed by atoms with Crippen LogP contribution in [0.25, 0.3) is 0 Å². The maximum atomic E-state index is 13.1. The fraction of sp³-hybridized carbons (Fsp3) is 0.200. The number of rotatable bonds is 3. The van der Waals surface area contributed by atoms with E-state index < -0.39 is 29.0 Å². The molecule has 0 fully saturated rings. The Bertz CT molecular complexity index is 427. The molecule has 0 aliphatic carbocycles. The number of halogens is 2. The number of ketones is 1. The van der Waals surface area contributed by atoms with Gasteiger partial charge in [-0.15, -0.1) is 0 Å². The van der Waals surface area contributed by atoms with Gasteiger partial charge in [0.05, 0.1) is 0 Å².